The second kappa shape index (κ2) is 15.5. The lowest BCUT2D eigenvalue weighted by Crippen LogP contribution is -2.45. The van der Waals surface area contributed by atoms with Gasteiger partial charge in [0.05, 0.1) is 6.61 Å². The van der Waals surface area contributed by atoms with Crippen molar-refractivity contribution in [3.8, 4) is 0 Å². The first-order valence-electron chi connectivity index (χ1n) is 11.2. The summed E-state index contributed by atoms with van der Waals surface area (Å²) in [6.07, 6.45) is 12.4. The number of halogens is 1. The van der Waals surface area contributed by atoms with Gasteiger partial charge in [0.15, 0.2) is 0 Å². The summed E-state index contributed by atoms with van der Waals surface area (Å²) in [7, 11) is 0. The van der Waals surface area contributed by atoms with Crippen LogP contribution >= 0.6 is 15.9 Å². The third kappa shape index (κ3) is 11.4. The summed E-state index contributed by atoms with van der Waals surface area (Å²) in [5, 5.41) is 2.82. The van der Waals surface area contributed by atoms with Crippen LogP contribution in [0.5, 0.6) is 0 Å². The maximum Gasteiger partial charge on any atom is 0.328 e. The normalized spacial score (nSPS) is 12.0. The van der Waals surface area contributed by atoms with Crippen molar-refractivity contribution in [2.45, 2.75) is 91.0 Å². The molecule has 4 nitrogen and oxygen atoms in total. The van der Waals surface area contributed by atoms with E-state index in [1.165, 1.54) is 51.4 Å². The van der Waals surface area contributed by atoms with Crippen molar-refractivity contribution >= 4 is 27.8 Å². The van der Waals surface area contributed by atoms with E-state index in [2.05, 4.69) is 28.2 Å². The Hall–Kier alpha value is -1.36. The molecule has 0 aliphatic rings. The van der Waals surface area contributed by atoms with E-state index in [9.17, 15) is 9.59 Å². The molecular weight excluding hydrogens is 430 g/mol. The number of benzene rings is 1. The molecule has 1 unspecified atom stereocenters. The predicted molar refractivity (Wildman–Crippen MR) is 123 cm³/mol. The van der Waals surface area contributed by atoms with Crippen molar-refractivity contribution < 1.29 is 14.3 Å². The summed E-state index contributed by atoms with van der Waals surface area (Å²) in [4.78, 5) is 24.9. The highest BCUT2D eigenvalue weighted by molar-refractivity contribution is 9.10. The zero-order valence-electron chi connectivity index (χ0n) is 18.3. The van der Waals surface area contributed by atoms with Crippen LogP contribution in [0.4, 0.5) is 0 Å². The van der Waals surface area contributed by atoms with Crippen LogP contribution in [-0.4, -0.2) is 24.5 Å². The molecule has 0 aromatic heterocycles. The molecule has 29 heavy (non-hydrogen) atoms. The molecule has 0 aliphatic carbocycles. The maximum atomic E-state index is 12.4. The molecule has 0 spiro atoms. The van der Waals surface area contributed by atoms with E-state index in [0.29, 0.717) is 12.2 Å². The predicted octanol–water partition coefficient (Wildman–Crippen LogP) is 6.67. The molecule has 1 amide bonds. The molecule has 1 N–H and O–H groups in total. The van der Waals surface area contributed by atoms with Crippen LogP contribution in [-0.2, 0) is 9.53 Å². The number of amides is 1. The van der Waals surface area contributed by atoms with E-state index < -0.39 is 6.04 Å². The summed E-state index contributed by atoms with van der Waals surface area (Å²) >= 11 is 3.36. The van der Waals surface area contributed by atoms with Crippen LogP contribution in [0.1, 0.15) is 95.3 Å². The first-order valence-corrected chi connectivity index (χ1v) is 12.0. The molecule has 0 saturated heterocycles. The van der Waals surface area contributed by atoms with E-state index in [1.54, 1.807) is 18.2 Å². The average Bonchev–Trinajstić information content (AvgIpc) is 2.69. The standard InChI is InChI=1S/C24H38BrNO3/c1-4-5-6-7-8-9-10-11-12-13-17-29-24(28)22(19(2)3)26-23(27)20-15-14-16-21(25)18-20/h14-16,18-19,22H,4-13,17H2,1-3H3,(H,26,27). The smallest absolute Gasteiger partial charge is 0.328 e. The number of carbonyl (C=O) groups is 2. The van der Waals surface area contributed by atoms with Crippen LogP contribution < -0.4 is 5.32 Å². The molecule has 0 heterocycles. The monoisotopic (exact) mass is 467 g/mol. The van der Waals surface area contributed by atoms with Crippen molar-refractivity contribution in [2.24, 2.45) is 5.92 Å². The molecule has 1 atom stereocenters. The molecule has 1 aromatic rings. The van der Waals surface area contributed by atoms with E-state index in [4.69, 9.17) is 4.74 Å². The van der Waals surface area contributed by atoms with Gasteiger partial charge in [0.1, 0.15) is 6.04 Å². The lowest BCUT2D eigenvalue weighted by molar-refractivity contribution is -0.147. The largest absolute Gasteiger partial charge is 0.464 e. The van der Waals surface area contributed by atoms with Crippen molar-refractivity contribution in [2.75, 3.05) is 6.61 Å². The first-order chi connectivity index (χ1) is 14.0. The molecule has 0 bridgehead atoms. The van der Waals surface area contributed by atoms with Gasteiger partial charge in [0.25, 0.3) is 5.91 Å². The van der Waals surface area contributed by atoms with Crippen molar-refractivity contribution in [3.63, 3.8) is 0 Å². The SMILES string of the molecule is CCCCCCCCCCCCOC(=O)C(NC(=O)c1cccc(Br)c1)C(C)C. The quantitative estimate of drug-likeness (QED) is 0.231. The Kier molecular flexibility index (Phi) is 13.7. The molecule has 1 aromatic carbocycles. The van der Waals surface area contributed by atoms with Gasteiger partial charge >= 0.3 is 5.97 Å². The van der Waals surface area contributed by atoms with E-state index in [-0.39, 0.29) is 17.8 Å². The Bertz CT molecular complexity index is 604. The number of hydrogen-bond acceptors (Lipinski definition) is 3. The number of esters is 1. The molecule has 1 rings (SSSR count). The summed E-state index contributed by atoms with van der Waals surface area (Å²) in [5.41, 5.74) is 0.521. The third-order valence-corrected chi connectivity index (χ3v) is 5.53. The molecular formula is C24H38BrNO3. The van der Waals surface area contributed by atoms with Crippen LogP contribution in [0.25, 0.3) is 0 Å². The Morgan fingerprint density at radius 2 is 1.55 bits per heavy atom. The number of nitrogens with one attached hydrogen (secondary N) is 1. The molecule has 0 saturated carbocycles. The highest BCUT2D eigenvalue weighted by Gasteiger charge is 2.26. The summed E-state index contributed by atoms with van der Waals surface area (Å²) in [5.74, 6) is -0.647. The fourth-order valence-electron chi connectivity index (χ4n) is 3.20. The summed E-state index contributed by atoms with van der Waals surface area (Å²) < 4.78 is 6.26. The van der Waals surface area contributed by atoms with Crippen LogP contribution in [0.15, 0.2) is 28.7 Å². The van der Waals surface area contributed by atoms with Gasteiger partial charge in [-0.3, -0.25) is 4.79 Å². The molecule has 0 radical (unpaired) electrons. The summed E-state index contributed by atoms with van der Waals surface area (Å²) in [6.45, 7) is 6.49. The number of hydrogen-bond donors (Lipinski definition) is 1. The number of ether oxygens (including phenoxy) is 1. The van der Waals surface area contributed by atoms with Crippen LogP contribution in [0.2, 0.25) is 0 Å². The lowest BCUT2D eigenvalue weighted by atomic mass is 10.0. The fourth-order valence-corrected chi connectivity index (χ4v) is 3.60. The van der Waals surface area contributed by atoms with E-state index >= 15 is 0 Å². The van der Waals surface area contributed by atoms with Crippen molar-refractivity contribution in [1.82, 2.24) is 5.32 Å². The zero-order chi connectivity index (χ0) is 21.5. The molecule has 5 heteroatoms. The van der Waals surface area contributed by atoms with Gasteiger partial charge in [-0.25, -0.2) is 4.79 Å². The molecule has 0 aliphatic heterocycles. The van der Waals surface area contributed by atoms with Gasteiger partial charge in [0, 0.05) is 10.0 Å². The highest BCUT2D eigenvalue weighted by Crippen LogP contribution is 2.14. The number of rotatable bonds is 15. The second-order valence-corrected chi connectivity index (χ2v) is 8.97. The van der Waals surface area contributed by atoms with Gasteiger partial charge in [0.2, 0.25) is 0 Å². The summed E-state index contributed by atoms with van der Waals surface area (Å²) in [6, 6.07) is 6.49. The molecule has 0 fully saturated rings. The van der Waals surface area contributed by atoms with E-state index in [1.807, 2.05) is 19.9 Å². The van der Waals surface area contributed by atoms with Crippen LogP contribution in [0.3, 0.4) is 0 Å². The minimum absolute atomic E-state index is 0.0358. The van der Waals surface area contributed by atoms with Gasteiger partial charge in [-0.15, -0.1) is 0 Å². The van der Waals surface area contributed by atoms with Gasteiger partial charge in [-0.2, -0.15) is 0 Å². The van der Waals surface area contributed by atoms with E-state index in [0.717, 1.165) is 17.3 Å². The van der Waals surface area contributed by atoms with Crippen molar-refractivity contribution in [3.05, 3.63) is 34.3 Å². The Balaban J connectivity index is 2.23. The fraction of sp³-hybridized carbons (Fsp3) is 0.667. The highest BCUT2D eigenvalue weighted by atomic mass is 79.9. The zero-order valence-corrected chi connectivity index (χ0v) is 19.9. The number of unbranched alkanes of at least 4 members (excludes halogenated alkanes) is 9. The third-order valence-electron chi connectivity index (χ3n) is 5.04. The lowest BCUT2D eigenvalue weighted by Gasteiger charge is -2.21. The minimum Gasteiger partial charge on any atom is -0.464 e. The topological polar surface area (TPSA) is 55.4 Å². The Labute approximate surface area is 185 Å². The van der Waals surface area contributed by atoms with Crippen LogP contribution in [0, 0.1) is 5.92 Å². The van der Waals surface area contributed by atoms with Gasteiger partial charge in [-0.05, 0) is 30.5 Å². The molecule has 164 valence electrons. The van der Waals surface area contributed by atoms with Crippen molar-refractivity contribution in [1.29, 1.82) is 0 Å². The maximum absolute atomic E-state index is 12.4. The van der Waals surface area contributed by atoms with Gasteiger partial charge < -0.3 is 10.1 Å². The first kappa shape index (κ1) is 25.7. The average molecular weight is 468 g/mol. The Morgan fingerprint density at radius 3 is 2.10 bits per heavy atom. The second-order valence-electron chi connectivity index (χ2n) is 8.05. The minimum atomic E-state index is -0.635. The number of carbonyl (C=O) groups excluding carboxylic acids is 2. The Morgan fingerprint density at radius 1 is 0.966 bits per heavy atom. The van der Waals surface area contributed by atoms with Gasteiger partial charge in [-0.1, -0.05) is 101 Å².